The molecule has 17 heavy (non-hydrogen) atoms. The van der Waals surface area contributed by atoms with Gasteiger partial charge in [-0.1, -0.05) is 0 Å². The van der Waals surface area contributed by atoms with Crippen LogP contribution in [0, 0.1) is 0 Å². The Bertz CT molecular complexity index is 274. The van der Waals surface area contributed by atoms with Crippen LogP contribution in [-0.4, -0.2) is 59.5 Å². The van der Waals surface area contributed by atoms with Crippen LogP contribution in [0.2, 0.25) is 0 Å². The summed E-state index contributed by atoms with van der Waals surface area (Å²) in [5.41, 5.74) is 0. The van der Waals surface area contributed by atoms with E-state index in [0.29, 0.717) is 0 Å². The predicted octanol–water partition coefficient (Wildman–Crippen LogP) is 1.49. The highest BCUT2D eigenvalue weighted by Crippen LogP contribution is 2.08. The number of amides is 2. The molecule has 0 radical (unpaired) electrons. The first-order valence-electron chi connectivity index (χ1n) is 5.31. The summed E-state index contributed by atoms with van der Waals surface area (Å²) >= 11 is 0. The third-order valence-corrected chi connectivity index (χ3v) is 2.33. The molecule has 0 aromatic carbocycles. The van der Waals surface area contributed by atoms with Gasteiger partial charge in [-0.05, 0) is 13.8 Å². The molecule has 0 aromatic heterocycles. The number of carbonyl (C=O) groups is 2. The van der Waals surface area contributed by atoms with E-state index in [0.717, 1.165) is 4.90 Å². The second kappa shape index (κ2) is 7.03. The van der Waals surface area contributed by atoms with Gasteiger partial charge >= 0.3 is 12.0 Å². The van der Waals surface area contributed by atoms with E-state index >= 15 is 0 Å². The number of nitrogens with zero attached hydrogens (tertiary/aromatic N) is 2. The molecule has 0 bridgehead atoms. The highest BCUT2D eigenvalue weighted by atomic mass is 19.3. The van der Waals surface area contributed by atoms with Crippen LogP contribution in [0.5, 0.6) is 0 Å². The average Bonchev–Trinajstić information content (AvgIpc) is 2.16. The van der Waals surface area contributed by atoms with Crippen LogP contribution in [-0.2, 0) is 4.79 Å². The van der Waals surface area contributed by atoms with Crippen molar-refractivity contribution >= 4 is 12.0 Å². The smallest absolute Gasteiger partial charge is 0.320 e. The summed E-state index contributed by atoms with van der Waals surface area (Å²) in [4.78, 5) is 24.4. The summed E-state index contributed by atoms with van der Waals surface area (Å²) < 4.78 is 24.2. The molecule has 0 aliphatic rings. The zero-order valence-electron chi connectivity index (χ0n) is 10.2. The third-order valence-electron chi connectivity index (χ3n) is 2.33. The maximum atomic E-state index is 12.1. The number of hydrogen-bond donors (Lipinski definition) is 1. The highest BCUT2D eigenvalue weighted by Gasteiger charge is 2.24. The molecule has 0 spiro atoms. The molecule has 0 saturated heterocycles. The van der Waals surface area contributed by atoms with Crippen molar-refractivity contribution in [1.29, 1.82) is 0 Å². The number of carboxylic acids is 1. The van der Waals surface area contributed by atoms with Crippen LogP contribution >= 0.6 is 0 Å². The molecule has 1 N–H and O–H groups in total. The van der Waals surface area contributed by atoms with Gasteiger partial charge in [-0.15, -0.1) is 0 Å². The van der Waals surface area contributed by atoms with Crippen molar-refractivity contribution in [1.82, 2.24) is 9.80 Å². The Labute approximate surface area is 99.0 Å². The quantitative estimate of drug-likeness (QED) is 0.779. The summed E-state index contributed by atoms with van der Waals surface area (Å²) in [6.45, 7) is 2.87. The molecule has 0 aromatic rings. The van der Waals surface area contributed by atoms with Gasteiger partial charge in [0.2, 0.25) is 0 Å². The van der Waals surface area contributed by atoms with E-state index in [1.54, 1.807) is 13.8 Å². The van der Waals surface area contributed by atoms with Crippen LogP contribution in [0.1, 0.15) is 20.3 Å². The fourth-order valence-corrected chi connectivity index (χ4v) is 1.50. The number of carbonyl (C=O) groups excluding carboxylic acids is 1. The SMILES string of the molecule is CCN(C(=O)N(C)CC(F)F)C(C)CC(=O)O. The molecular weight excluding hydrogens is 234 g/mol. The second-order valence-electron chi connectivity index (χ2n) is 3.79. The minimum atomic E-state index is -2.60. The molecule has 7 heteroatoms. The fraction of sp³-hybridized carbons (Fsp3) is 0.800. The number of halogens is 2. The molecular formula is C10H18F2N2O3. The molecule has 5 nitrogen and oxygen atoms in total. The number of aliphatic carboxylic acids is 1. The Morgan fingerprint density at radius 2 is 1.88 bits per heavy atom. The lowest BCUT2D eigenvalue weighted by molar-refractivity contribution is -0.138. The molecule has 0 aliphatic heterocycles. The third kappa shape index (κ3) is 5.46. The molecule has 1 atom stereocenters. The van der Waals surface area contributed by atoms with Crippen molar-refractivity contribution in [2.75, 3.05) is 20.1 Å². The minimum Gasteiger partial charge on any atom is -0.481 e. The van der Waals surface area contributed by atoms with E-state index in [4.69, 9.17) is 5.11 Å². The Morgan fingerprint density at radius 1 is 1.35 bits per heavy atom. The van der Waals surface area contributed by atoms with Crippen LogP contribution in [0.3, 0.4) is 0 Å². The van der Waals surface area contributed by atoms with E-state index in [1.165, 1.54) is 11.9 Å². The second-order valence-corrected chi connectivity index (χ2v) is 3.79. The Hall–Kier alpha value is -1.40. The Balaban J connectivity index is 4.53. The first-order valence-corrected chi connectivity index (χ1v) is 5.31. The van der Waals surface area contributed by atoms with Crippen LogP contribution < -0.4 is 0 Å². The lowest BCUT2D eigenvalue weighted by Crippen LogP contribution is -2.47. The van der Waals surface area contributed by atoms with Crippen molar-refractivity contribution < 1.29 is 23.5 Å². The Kier molecular flexibility index (Phi) is 6.45. The molecule has 0 heterocycles. The number of rotatable bonds is 6. The fourth-order valence-electron chi connectivity index (χ4n) is 1.50. The summed E-state index contributed by atoms with van der Waals surface area (Å²) in [6.07, 6.45) is -2.81. The van der Waals surface area contributed by atoms with Gasteiger partial charge in [-0.25, -0.2) is 13.6 Å². The van der Waals surface area contributed by atoms with E-state index in [-0.39, 0.29) is 13.0 Å². The maximum absolute atomic E-state index is 12.1. The molecule has 0 fully saturated rings. The van der Waals surface area contributed by atoms with Crippen LogP contribution in [0.4, 0.5) is 13.6 Å². The first-order chi connectivity index (χ1) is 7.79. The van der Waals surface area contributed by atoms with Crippen molar-refractivity contribution in [3.05, 3.63) is 0 Å². The topological polar surface area (TPSA) is 60.9 Å². The van der Waals surface area contributed by atoms with E-state index in [2.05, 4.69) is 0 Å². The predicted molar refractivity (Wildman–Crippen MR) is 58.1 cm³/mol. The number of hydrogen-bond acceptors (Lipinski definition) is 2. The summed E-state index contributed by atoms with van der Waals surface area (Å²) in [5, 5.41) is 8.62. The minimum absolute atomic E-state index is 0.206. The van der Waals surface area contributed by atoms with Crippen molar-refractivity contribution in [3.8, 4) is 0 Å². The van der Waals surface area contributed by atoms with Crippen LogP contribution in [0.25, 0.3) is 0 Å². The summed E-state index contributed by atoms with van der Waals surface area (Å²) in [5.74, 6) is -1.03. The van der Waals surface area contributed by atoms with Gasteiger partial charge in [-0.2, -0.15) is 0 Å². The molecule has 100 valence electrons. The molecule has 0 rings (SSSR count). The maximum Gasteiger partial charge on any atom is 0.320 e. The van der Waals surface area contributed by atoms with Crippen molar-refractivity contribution in [2.24, 2.45) is 0 Å². The summed E-state index contributed by atoms with van der Waals surface area (Å²) in [7, 11) is 1.27. The van der Waals surface area contributed by atoms with Crippen LogP contribution in [0.15, 0.2) is 0 Å². The van der Waals surface area contributed by atoms with Crippen molar-refractivity contribution in [3.63, 3.8) is 0 Å². The van der Waals surface area contributed by atoms with Gasteiger partial charge < -0.3 is 14.9 Å². The molecule has 2 amide bonds. The Morgan fingerprint density at radius 3 is 2.24 bits per heavy atom. The number of alkyl halides is 2. The monoisotopic (exact) mass is 252 g/mol. The van der Waals surface area contributed by atoms with E-state index in [1.807, 2.05) is 0 Å². The number of urea groups is 1. The molecule has 0 saturated carbocycles. The normalized spacial score (nSPS) is 12.4. The zero-order valence-corrected chi connectivity index (χ0v) is 10.2. The first kappa shape index (κ1) is 15.6. The van der Waals surface area contributed by atoms with Gasteiger partial charge in [0.1, 0.15) is 0 Å². The molecule has 0 aliphatic carbocycles. The standard InChI is InChI=1S/C10H18F2N2O3/c1-4-14(7(2)5-9(15)16)10(17)13(3)6-8(11)12/h7-8H,4-6H2,1-3H3,(H,15,16). The van der Waals surface area contributed by atoms with E-state index in [9.17, 15) is 18.4 Å². The molecule has 1 unspecified atom stereocenters. The van der Waals surface area contributed by atoms with Gasteiger partial charge in [0.15, 0.2) is 0 Å². The van der Waals surface area contributed by atoms with Gasteiger partial charge in [0.05, 0.1) is 13.0 Å². The van der Waals surface area contributed by atoms with Crippen molar-refractivity contribution in [2.45, 2.75) is 32.7 Å². The average molecular weight is 252 g/mol. The van der Waals surface area contributed by atoms with Gasteiger partial charge in [-0.3, -0.25) is 4.79 Å². The van der Waals surface area contributed by atoms with E-state index < -0.39 is 31.0 Å². The number of carboxylic acid groups (broad SMARTS) is 1. The highest BCUT2D eigenvalue weighted by molar-refractivity contribution is 5.75. The largest absolute Gasteiger partial charge is 0.481 e. The van der Waals surface area contributed by atoms with Gasteiger partial charge in [0, 0.05) is 19.6 Å². The summed E-state index contributed by atoms with van der Waals surface area (Å²) in [6, 6.07) is -1.10. The lowest BCUT2D eigenvalue weighted by atomic mass is 10.2. The zero-order chi connectivity index (χ0) is 13.6. The van der Waals surface area contributed by atoms with Gasteiger partial charge in [0.25, 0.3) is 6.43 Å². The lowest BCUT2D eigenvalue weighted by Gasteiger charge is -2.31.